The van der Waals surface area contributed by atoms with Crippen LogP contribution in [0.1, 0.15) is 0 Å². The van der Waals surface area contributed by atoms with Crippen molar-refractivity contribution < 1.29 is 8.78 Å². The van der Waals surface area contributed by atoms with E-state index in [0.29, 0.717) is 0 Å². The van der Waals surface area contributed by atoms with Crippen LogP contribution in [0.4, 0.5) is 8.78 Å². The number of alkyl halides is 2. The van der Waals surface area contributed by atoms with Gasteiger partial charge in [-0.15, -0.1) is 0 Å². The highest BCUT2D eigenvalue weighted by Crippen LogP contribution is 2.04. The van der Waals surface area contributed by atoms with Gasteiger partial charge in [0.2, 0.25) is 6.30 Å². The number of nitrogens with two attached hydrogens (primary N) is 2. The molecular formula is C3H5F2N3. The molecule has 0 aromatic heterocycles. The summed E-state index contributed by atoms with van der Waals surface area (Å²) in [4.78, 5) is 0. The predicted molar refractivity (Wildman–Crippen MR) is 22.7 cm³/mol. The largest absolute Gasteiger partial charge is 0.297 e. The second kappa shape index (κ2) is 2.03. The molecule has 0 bridgehead atoms. The summed E-state index contributed by atoms with van der Waals surface area (Å²) in [6, 6.07) is 0.852. The fourth-order valence-corrected chi connectivity index (χ4v) is 0.0617. The molecule has 2 atom stereocenters. The summed E-state index contributed by atoms with van der Waals surface area (Å²) in [6.07, 6.45) is -2.44. The van der Waals surface area contributed by atoms with E-state index in [4.69, 9.17) is 5.26 Å². The highest BCUT2D eigenvalue weighted by Gasteiger charge is 2.32. The van der Waals surface area contributed by atoms with Crippen LogP contribution in [0.3, 0.4) is 0 Å². The predicted octanol–water partition coefficient (Wildman–Crippen LogP) is -0.611. The van der Waals surface area contributed by atoms with Crippen LogP contribution in [-0.2, 0) is 0 Å². The van der Waals surface area contributed by atoms with E-state index in [1.807, 2.05) is 0 Å². The Hall–Kier alpha value is -0.730. The standard InChI is InChI=1S/C3H5F2N3/c4-2(7)3(5,8)1-6/h2H,7-8H2. The van der Waals surface area contributed by atoms with Crippen LogP contribution in [0.15, 0.2) is 0 Å². The van der Waals surface area contributed by atoms with Gasteiger partial charge in [-0.1, -0.05) is 0 Å². The van der Waals surface area contributed by atoms with E-state index in [0.717, 1.165) is 6.07 Å². The van der Waals surface area contributed by atoms with Crippen molar-refractivity contribution in [1.82, 2.24) is 0 Å². The normalized spacial score (nSPS) is 20.9. The smallest absolute Gasteiger partial charge is 0.289 e. The van der Waals surface area contributed by atoms with E-state index in [2.05, 4.69) is 11.5 Å². The highest BCUT2D eigenvalue weighted by atomic mass is 19.2. The number of nitrogens with zero attached hydrogens (tertiary/aromatic N) is 1. The molecule has 0 aliphatic rings. The maximum atomic E-state index is 11.9. The van der Waals surface area contributed by atoms with Crippen LogP contribution in [0, 0.1) is 11.3 Å². The maximum Gasteiger partial charge on any atom is 0.289 e. The summed E-state index contributed by atoms with van der Waals surface area (Å²) in [7, 11) is 0. The van der Waals surface area contributed by atoms with Crippen molar-refractivity contribution in [2.45, 2.75) is 12.1 Å². The molecule has 0 aliphatic carbocycles. The molecule has 0 aliphatic heterocycles. The monoisotopic (exact) mass is 121 g/mol. The Morgan fingerprint density at radius 2 is 2.12 bits per heavy atom. The van der Waals surface area contributed by atoms with Crippen molar-refractivity contribution in [2.75, 3.05) is 0 Å². The molecule has 46 valence electrons. The first kappa shape index (κ1) is 7.27. The van der Waals surface area contributed by atoms with Crippen LogP contribution in [0.2, 0.25) is 0 Å². The van der Waals surface area contributed by atoms with Crippen LogP contribution in [0.25, 0.3) is 0 Å². The van der Waals surface area contributed by atoms with Crippen LogP contribution in [-0.4, -0.2) is 12.1 Å². The summed E-state index contributed by atoms with van der Waals surface area (Å²) in [5.41, 5.74) is 8.62. The average molecular weight is 121 g/mol. The fraction of sp³-hybridized carbons (Fsp3) is 0.667. The molecule has 2 unspecified atom stereocenters. The third-order valence-corrected chi connectivity index (χ3v) is 0.573. The lowest BCUT2D eigenvalue weighted by molar-refractivity contribution is 0.113. The first-order valence-corrected chi connectivity index (χ1v) is 1.79. The van der Waals surface area contributed by atoms with E-state index in [-0.39, 0.29) is 0 Å². The van der Waals surface area contributed by atoms with Crippen molar-refractivity contribution in [3.05, 3.63) is 0 Å². The maximum absolute atomic E-state index is 11.9. The van der Waals surface area contributed by atoms with Gasteiger partial charge in [-0.05, 0) is 0 Å². The zero-order chi connectivity index (χ0) is 6.78. The molecule has 5 heteroatoms. The number of hydrogen-bond acceptors (Lipinski definition) is 3. The van der Waals surface area contributed by atoms with Gasteiger partial charge in [0.15, 0.2) is 0 Å². The Morgan fingerprint density at radius 1 is 1.75 bits per heavy atom. The van der Waals surface area contributed by atoms with E-state index >= 15 is 0 Å². The molecule has 0 fully saturated rings. The lowest BCUT2D eigenvalue weighted by Crippen LogP contribution is -2.47. The summed E-state index contributed by atoms with van der Waals surface area (Å²) in [5.74, 6) is -3.04. The molecule has 0 spiro atoms. The van der Waals surface area contributed by atoms with Gasteiger partial charge >= 0.3 is 0 Å². The second-order valence-electron chi connectivity index (χ2n) is 1.28. The third-order valence-electron chi connectivity index (χ3n) is 0.573. The minimum Gasteiger partial charge on any atom is -0.297 e. The topological polar surface area (TPSA) is 75.8 Å². The Bertz CT molecular complexity index is 114. The Morgan fingerprint density at radius 3 is 2.12 bits per heavy atom. The quantitative estimate of drug-likeness (QED) is 0.454. The van der Waals surface area contributed by atoms with Gasteiger partial charge in [-0.3, -0.25) is 11.5 Å². The number of halogens is 2. The van der Waals surface area contributed by atoms with Gasteiger partial charge in [0.05, 0.1) is 0 Å². The molecule has 4 N–H and O–H groups in total. The molecule has 0 heterocycles. The molecule has 0 saturated heterocycles. The Labute approximate surface area is 44.9 Å². The van der Waals surface area contributed by atoms with Crippen molar-refractivity contribution in [3.63, 3.8) is 0 Å². The number of hydrogen-bond donors (Lipinski definition) is 2. The first-order valence-electron chi connectivity index (χ1n) is 1.79. The first-order chi connectivity index (χ1) is 3.50. The van der Waals surface area contributed by atoms with Crippen LogP contribution in [0.5, 0.6) is 0 Å². The van der Waals surface area contributed by atoms with E-state index in [1.54, 1.807) is 0 Å². The highest BCUT2D eigenvalue weighted by molar-refractivity contribution is 4.98. The molecular weight excluding hydrogens is 116 g/mol. The van der Waals surface area contributed by atoms with Gasteiger partial charge in [-0.2, -0.15) is 5.26 Å². The minimum atomic E-state index is -3.04. The van der Waals surface area contributed by atoms with E-state index in [1.165, 1.54) is 0 Å². The van der Waals surface area contributed by atoms with Gasteiger partial charge in [-0.25, -0.2) is 8.78 Å². The molecule has 0 rings (SSSR count). The van der Waals surface area contributed by atoms with Gasteiger partial charge in [0.1, 0.15) is 6.07 Å². The van der Waals surface area contributed by atoms with Crippen molar-refractivity contribution in [3.8, 4) is 6.07 Å². The lowest BCUT2D eigenvalue weighted by Gasteiger charge is -2.10. The Kier molecular flexibility index (Phi) is 1.84. The molecule has 0 saturated carbocycles. The molecule has 3 nitrogen and oxygen atoms in total. The molecule has 0 aromatic rings. The van der Waals surface area contributed by atoms with Crippen molar-refractivity contribution in [1.29, 1.82) is 5.26 Å². The van der Waals surface area contributed by atoms with Crippen molar-refractivity contribution in [2.24, 2.45) is 11.5 Å². The fourth-order valence-electron chi connectivity index (χ4n) is 0.0617. The van der Waals surface area contributed by atoms with Crippen molar-refractivity contribution >= 4 is 0 Å². The zero-order valence-corrected chi connectivity index (χ0v) is 3.94. The average Bonchev–Trinajstić information content (AvgIpc) is 1.67. The third kappa shape index (κ3) is 1.40. The summed E-state index contributed by atoms with van der Waals surface area (Å²) >= 11 is 0. The second-order valence-corrected chi connectivity index (χ2v) is 1.28. The van der Waals surface area contributed by atoms with E-state index < -0.39 is 12.1 Å². The SMILES string of the molecule is N#CC(N)(F)C(N)F. The lowest BCUT2D eigenvalue weighted by atomic mass is 10.3. The summed E-state index contributed by atoms with van der Waals surface area (Å²) in [5, 5.41) is 7.69. The molecule has 0 radical (unpaired) electrons. The van der Waals surface area contributed by atoms with Gasteiger partial charge < -0.3 is 0 Å². The molecule has 8 heavy (non-hydrogen) atoms. The minimum absolute atomic E-state index is 0.852. The van der Waals surface area contributed by atoms with Crippen LogP contribution >= 0.6 is 0 Å². The van der Waals surface area contributed by atoms with Crippen LogP contribution < -0.4 is 11.5 Å². The molecule has 0 aromatic carbocycles. The number of nitriles is 1. The summed E-state index contributed by atoms with van der Waals surface area (Å²) < 4.78 is 23.4. The number of rotatable bonds is 1. The molecule has 0 amide bonds. The summed E-state index contributed by atoms with van der Waals surface area (Å²) in [6.45, 7) is 0. The zero-order valence-electron chi connectivity index (χ0n) is 3.94. The Balaban J connectivity index is 3.97. The van der Waals surface area contributed by atoms with Gasteiger partial charge in [0, 0.05) is 0 Å². The van der Waals surface area contributed by atoms with E-state index in [9.17, 15) is 8.78 Å². The van der Waals surface area contributed by atoms with Gasteiger partial charge in [0.25, 0.3) is 5.79 Å².